The Balaban J connectivity index is 1.47. The third-order valence-electron chi connectivity index (χ3n) is 4.73. The molecule has 0 aliphatic carbocycles. The van der Waals surface area contributed by atoms with E-state index in [9.17, 15) is 18.0 Å². The number of nitrogens with zero attached hydrogens (tertiary/aromatic N) is 3. The SMILES string of the molecule is O=C(CN1CCCN(Cc2ccc(C(F)(F)F)cc2)CC1)Nc1ccc(Cl)cn1. The Labute approximate surface area is 172 Å². The van der Waals surface area contributed by atoms with Crippen molar-refractivity contribution in [3.05, 3.63) is 58.7 Å². The van der Waals surface area contributed by atoms with Crippen LogP contribution in [0.5, 0.6) is 0 Å². The summed E-state index contributed by atoms with van der Waals surface area (Å²) in [4.78, 5) is 20.5. The Kier molecular flexibility index (Phi) is 7.10. The Morgan fingerprint density at radius 3 is 2.38 bits per heavy atom. The number of alkyl halides is 3. The normalized spacial score (nSPS) is 16.4. The van der Waals surface area contributed by atoms with Crippen molar-refractivity contribution in [3.63, 3.8) is 0 Å². The summed E-state index contributed by atoms with van der Waals surface area (Å²) < 4.78 is 38.0. The summed E-state index contributed by atoms with van der Waals surface area (Å²) in [6, 6.07) is 8.60. The second kappa shape index (κ2) is 9.56. The zero-order valence-corrected chi connectivity index (χ0v) is 16.5. The second-order valence-electron chi connectivity index (χ2n) is 7.01. The molecule has 0 radical (unpaired) electrons. The lowest BCUT2D eigenvalue weighted by Gasteiger charge is -2.21. The first kappa shape index (κ1) is 21.5. The monoisotopic (exact) mass is 426 g/mol. The number of aromatic nitrogens is 1. The fraction of sp³-hybridized carbons (Fsp3) is 0.400. The lowest BCUT2D eigenvalue weighted by Crippen LogP contribution is -2.36. The van der Waals surface area contributed by atoms with Gasteiger partial charge in [-0.15, -0.1) is 0 Å². The van der Waals surface area contributed by atoms with Crippen molar-refractivity contribution < 1.29 is 18.0 Å². The van der Waals surface area contributed by atoms with Crippen molar-refractivity contribution in [1.82, 2.24) is 14.8 Å². The van der Waals surface area contributed by atoms with Crippen molar-refractivity contribution in [3.8, 4) is 0 Å². The molecule has 2 heterocycles. The van der Waals surface area contributed by atoms with E-state index in [-0.39, 0.29) is 12.5 Å². The second-order valence-corrected chi connectivity index (χ2v) is 7.45. The van der Waals surface area contributed by atoms with Gasteiger partial charge in [-0.05, 0) is 49.3 Å². The third-order valence-corrected chi connectivity index (χ3v) is 4.95. The van der Waals surface area contributed by atoms with Crippen molar-refractivity contribution in [1.29, 1.82) is 0 Å². The molecule has 0 saturated carbocycles. The Hall–Kier alpha value is -2.16. The number of rotatable bonds is 5. The van der Waals surface area contributed by atoms with Gasteiger partial charge in [0.1, 0.15) is 5.82 Å². The minimum absolute atomic E-state index is 0.143. The minimum atomic E-state index is -4.32. The average molecular weight is 427 g/mol. The number of amides is 1. The van der Waals surface area contributed by atoms with Gasteiger partial charge in [-0.3, -0.25) is 14.6 Å². The van der Waals surface area contributed by atoms with Crippen molar-refractivity contribution in [2.45, 2.75) is 19.1 Å². The molecule has 1 aliphatic heterocycles. The summed E-state index contributed by atoms with van der Waals surface area (Å²) >= 11 is 5.78. The summed E-state index contributed by atoms with van der Waals surface area (Å²) in [5.41, 5.74) is 0.211. The molecule has 1 amide bonds. The van der Waals surface area contributed by atoms with Crippen LogP contribution in [-0.4, -0.2) is 53.4 Å². The highest BCUT2D eigenvalue weighted by atomic mass is 35.5. The maximum atomic E-state index is 12.7. The van der Waals surface area contributed by atoms with E-state index in [4.69, 9.17) is 11.6 Å². The van der Waals surface area contributed by atoms with Crippen LogP contribution in [0.4, 0.5) is 19.0 Å². The molecule has 9 heteroatoms. The number of nitrogens with one attached hydrogen (secondary N) is 1. The third kappa shape index (κ3) is 6.69. The molecule has 0 unspecified atom stereocenters. The number of benzene rings is 1. The first-order chi connectivity index (χ1) is 13.8. The number of hydrogen-bond donors (Lipinski definition) is 1. The standard InChI is InChI=1S/C20H22ClF3N4O/c21-17-6-7-18(25-12-17)26-19(29)14-28-9-1-8-27(10-11-28)13-15-2-4-16(5-3-15)20(22,23)24/h2-7,12H,1,8-11,13-14H2,(H,25,26,29). The highest BCUT2D eigenvalue weighted by Gasteiger charge is 2.30. The van der Waals surface area contributed by atoms with Crippen LogP contribution in [0.15, 0.2) is 42.6 Å². The van der Waals surface area contributed by atoms with E-state index in [0.29, 0.717) is 23.9 Å². The van der Waals surface area contributed by atoms with Gasteiger partial charge in [0.05, 0.1) is 17.1 Å². The maximum Gasteiger partial charge on any atom is 0.416 e. The molecule has 29 heavy (non-hydrogen) atoms. The average Bonchev–Trinajstić information content (AvgIpc) is 2.88. The lowest BCUT2D eigenvalue weighted by atomic mass is 10.1. The van der Waals surface area contributed by atoms with Gasteiger partial charge < -0.3 is 5.32 Å². The maximum absolute atomic E-state index is 12.7. The molecule has 5 nitrogen and oxygen atoms in total. The zero-order valence-electron chi connectivity index (χ0n) is 15.8. The van der Waals surface area contributed by atoms with Gasteiger partial charge in [-0.25, -0.2) is 4.98 Å². The van der Waals surface area contributed by atoms with E-state index in [1.54, 1.807) is 12.1 Å². The summed E-state index contributed by atoms with van der Waals surface area (Å²) in [7, 11) is 0. The number of hydrogen-bond acceptors (Lipinski definition) is 4. The van der Waals surface area contributed by atoms with Gasteiger partial charge in [0, 0.05) is 25.8 Å². The molecular weight excluding hydrogens is 405 g/mol. The molecule has 1 aliphatic rings. The number of carbonyl (C=O) groups excluding carboxylic acids is 1. The first-order valence-electron chi connectivity index (χ1n) is 9.32. The largest absolute Gasteiger partial charge is 0.416 e. The highest BCUT2D eigenvalue weighted by Crippen LogP contribution is 2.29. The fourth-order valence-corrected chi connectivity index (χ4v) is 3.34. The summed E-state index contributed by atoms with van der Waals surface area (Å²) in [6.07, 6.45) is -1.96. The lowest BCUT2D eigenvalue weighted by molar-refractivity contribution is -0.137. The predicted molar refractivity (Wildman–Crippen MR) is 106 cm³/mol. The highest BCUT2D eigenvalue weighted by molar-refractivity contribution is 6.30. The van der Waals surface area contributed by atoms with Crippen LogP contribution in [0.2, 0.25) is 5.02 Å². The van der Waals surface area contributed by atoms with Crippen LogP contribution < -0.4 is 5.32 Å². The van der Waals surface area contributed by atoms with E-state index in [0.717, 1.165) is 43.8 Å². The molecular formula is C20H22ClF3N4O. The van der Waals surface area contributed by atoms with E-state index in [2.05, 4.69) is 20.1 Å². The topological polar surface area (TPSA) is 48.5 Å². The Bertz CT molecular complexity index is 812. The fourth-order valence-electron chi connectivity index (χ4n) is 3.23. The van der Waals surface area contributed by atoms with Crippen LogP contribution in [0.1, 0.15) is 17.5 Å². The molecule has 1 saturated heterocycles. The molecule has 0 bridgehead atoms. The molecule has 1 aromatic heterocycles. The molecule has 156 valence electrons. The number of pyridine rings is 1. The molecule has 1 aromatic carbocycles. The van der Waals surface area contributed by atoms with Crippen LogP contribution in [0.3, 0.4) is 0 Å². The predicted octanol–water partition coefficient (Wildman–Crippen LogP) is 3.90. The van der Waals surface area contributed by atoms with Crippen LogP contribution in [0.25, 0.3) is 0 Å². The van der Waals surface area contributed by atoms with Gasteiger partial charge in [-0.1, -0.05) is 23.7 Å². The van der Waals surface area contributed by atoms with E-state index in [1.165, 1.54) is 18.3 Å². The Morgan fingerprint density at radius 2 is 1.72 bits per heavy atom. The van der Waals surface area contributed by atoms with E-state index < -0.39 is 11.7 Å². The van der Waals surface area contributed by atoms with E-state index >= 15 is 0 Å². The van der Waals surface area contributed by atoms with Crippen LogP contribution >= 0.6 is 11.6 Å². The van der Waals surface area contributed by atoms with Gasteiger partial charge in [0.15, 0.2) is 0 Å². The first-order valence-corrected chi connectivity index (χ1v) is 9.70. The smallest absolute Gasteiger partial charge is 0.310 e. The minimum Gasteiger partial charge on any atom is -0.310 e. The molecule has 3 rings (SSSR count). The van der Waals surface area contributed by atoms with Gasteiger partial charge in [0.2, 0.25) is 5.91 Å². The summed E-state index contributed by atoms with van der Waals surface area (Å²) in [6.45, 7) is 3.92. The molecule has 1 N–H and O–H groups in total. The van der Waals surface area contributed by atoms with Crippen molar-refractivity contribution >= 4 is 23.3 Å². The van der Waals surface area contributed by atoms with Gasteiger partial charge in [0.25, 0.3) is 0 Å². The van der Waals surface area contributed by atoms with Gasteiger partial charge >= 0.3 is 6.18 Å². The summed E-state index contributed by atoms with van der Waals surface area (Å²) in [5.74, 6) is 0.314. The number of halogens is 4. The van der Waals surface area contributed by atoms with Crippen molar-refractivity contribution in [2.75, 3.05) is 38.0 Å². The Morgan fingerprint density at radius 1 is 1.03 bits per heavy atom. The molecule has 0 atom stereocenters. The van der Waals surface area contributed by atoms with Crippen LogP contribution in [-0.2, 0) is 17.5 Å². The quantitative estimate of drug-likeness (QED) is 0.787. The van der Waals surface area contributed by atoms with Crippen LogP contribution in [0, 0.1) is 0 Å². The molecule has 2 aromatic rings. The van der Waals surface area contributed by atoms with E-state index in [1.807, 2.05) is 0 Å². The number of carbonyl (C=O) groups is 1. The summed E-state index contributed by atoms with van der Waals surface area (Å²) in [5, 5.41) is 3.25. The molecule has 1 fully saturated rings. The zero-order chi connectivity index (χ0) is 20.9. The molecule has 0 spiro atoms. The van der Waals surface area contributed by atoms with Crippen molar-refractivity contribution in [2.24, 2.45) is 0 Å². The van der Waals surface area contributed by atoms with Gasteiger partial charge in [-0.2, -0.15) is 13.2 Å². The number of anilines is 1.